The number of nitrogens with zero attached hydrogens (tertiary/aromatic N) is 1. The number of likely N-dealkylation sites (tertiary alicyclic amines) is 1. The normalized spacial score (nSPS) is 14.2. The van der Waals surface area contributed by atoms with Gasteiger partial charge in [-0.1, -0.05) is 55.0 Å². The number of anilines is 1. The summed E-state index contributed by atoms with van der Waals surface area (Å²) in [6.07, 6.45) is 3.88. The number of rotatable bonds is 7. The molecule has 1 fully saturated rings. The Morgan fingerprint density at radius 3 is 2.55 bits per heavy atom. The Hall–Kier alpha value is -3.15. The first-order chi connectivity index (χ1) is 14.1. The molecule has 6 nitrogen and oxygen atoms in total. The van der Waals surface area contributed by atoms with Crippen LogP contribution in [0.15, 0.2) is 54.6 Å². The third-order valence-electron chi connectivity index (χ3n) is 4.88. The maximum absolute atomic E-state index is 12.3. The number of amides is 2. The molecule has 0 radical (unpaired) electrons. The molecular formula is C23H26N2O4. The summed E-state index contributed by atoms with van der Waals surface area (Å²) in [5, 5.41) is 2.81. The summed E-state index contributed by atoms with van der Waals surface area (Å²) >= 11 is 0. The number of benzene rings is 2. The van der Waals surface area contributed by atoms with E-state index in [1.165, 1.54) is 4.90 Å². The molecule has 152 valence electrons. The molecule has 1 N–H and O–H groups in total. The van der Waals surface area contributed by atoms with Crippen LogP contribution in [0.25, 0.3) is 0 Å². The van der Waals surface area contributed by atoms with Crippen molar-refractivity contribution in [3.05, 3.63) is 65.7 Å². The van der Waals surface area contributed by atoms with Gasteiger partial charge in [0.15, 0.2) is 6.61 Å². The van der Waals surface area contributed by atoms with E-state index in [4.69, 9.17) is 4.74 Å². The zero-order valence-corrected chi connectivity index (χ0v) is 16.4. The minimum absolute atomic E-state index is 0.0289. The largest absolute Gasteiger partial charge is 0.454 e. The minimum Gasteiger partial charge on any atom is -0.454 e. The van der Waals surface area contributed by atoms with E-state index >= 15 is 0 Å². The molecule has 0 unspecified atom stereocenters. The molecule has 29 heavy (non-hydrogen) atoms. The second-order valence-corrected chi connectivity index (χ2v) is 7.15. The quantitative estimate of drug-likeness (QED) is 0.732. The van der Waals surface area contributed by atoms with Gasteiger partial charge in [0, 0.05) is 18.7 Å². The van der Waals surface area contributed by atoms with Crippen molar-refractivity contribution in [1.82, 2.24) is 4.90 Å². The number of carbonyl (C=O) groups is 3. The second kappa shape index (κ2) is 10.4. The molecule has 1 aliphatic heterocycles. The van der Waals surface area contributed by atoms with Crippen molar-refractivity contribution in [2.75, 3.05) is 25.0 Å². The van der Waals surface area contributed by atoms with Crippen molar-refractivity contribution in [1.29, 1.82) is 0 Å². The van der Waals surface area contributed by atoms with Crippen molar-refractivity contribution < 1.29 is 19.1 Å². The third kappa shape index (κ3) is 6.45. The van der Waals surface area contributed by atoms with Gasteiger partial charge < -0.3 is 15.0 Å². The van der Waals surface area contributed by atoms with Crippen molar-refractivity contribution >= 4 is 23.5 Å². The van der Waals surface area contributed by atoms with Crippen LogP contribution in [0.5, 0.6) is 0 Å². The van der Waals surface area contributed by atoms with Crippen LogP contribution in [0.3, 0.4) is 0 Å². The van der Waals surface area contributed by atoms with E-state index in [9.17, 15) is 14.4 Å². The first-order valence-electron chi connectivity index (χ1n) is 9.97. The Morgan fingerprint density at radius 1 is 0.966 bits per heavy atom. The molecule has 2 aromatic rings. The van der Waals surface area contributed by atoms with E-state index < -0.39 is 11.9 Å². The zero-order chi connectivity index (χ0) is 20.5. The van der Waals surface area contributed by atoms with E-state index in [2.05, 4.69) is 5.32 Å². The number of carbonyl (C=O) groups excluding carboxylic acids is 3. The summed E-state index contributed by atoms with van der Waals surface area (Å²) in [5.41, 5.74) is 2.82. The molecule has 0 bridgehead atoms. The smallest absolute Gasteiger partial charge is 0.326 e. The van der Waals surface area contributed by atoms with E-state index in [-0.39, 0.29) is 19.1 Å². The van der Waals surface area contributed by atoms with Gasteiger partial charge in [0.25, 0.3) is 5.91 Å². The molecule has 1 saturated heterocycles. The van der Waals surface area contributed by atoms with Crippen molar-refractivity contribution in [3.63, 3.8) is 0 Å². The number of hydrogen-bond acceptors (Lipinski definition) is 4. The number of nitrogens with one attached hydrogen (secondary N) is 1. The number of hydrogen-bond donors (Lipinski definition) is 1. The molecule has 6 heteroatoms. The highest BCUT2D eigenvalue weighted by Crippen LogP contribution is 2.19. The van der Waals surface area contributed by atoms with Crippen LogP contribution in [0.4, 0.5) is 5.69 Å². The summed E-state index contributed by atoms with van der Waals surface area (Å²) in [7, 11) is 0. The van der Waals surface area contributed by atoms with Crippen LogP contribution in [0.1, 0.15) is 36.8 Å². The van der Waals surface area contributed by atoms with Crippen molar-refractivity contribution in [2.24, 2.45) is 0 Å². The number of esters is 1. The van der Waals surface area contributed by atoms with Gasteiger partial charge in [-0.2, -0.15) is 0 Å². The first kappa shape index (κ1) is 20.6. The topological polar surface area (TPSA) is 75.7 Å². The summed E-state index contributed by atoms with van der Waals surface area (Å²) in [6, 6.07) is 17.5. The average molecular weight is 394 g/mol. The van der Waals surface area contributed by atoms with Gasteiger partial charge in [-0.05, 0) is 36.5 Å². The van der Waals surface area contributed by atoms with Crippen LogP contribution in [0.2, 0.25) is 0 Å². The van der Waals surface area contributed by atoms with E-state index in [1.54, 1.807) is 0 Å². The second-order valence-electron chi connectivity index (χ2n) is 7.15. The highest BCUT2D eigenvalue weighted by molar-refractivity contribution is 5.93. The van der Waals surface area contributed by atoms with Gasteiger partial charge in [0.1, 0.15) is 6.54 Å². The highest BCUT2D eigenvalue weighted by Gasteiger charge is 2.20. The van der Waals surface area contributed by atoms with E-state index in [0.29, 0.717) is 25.1 Å². The fourth-order valence-electron chi connectivity index (χ4n) is 3.35. The van der Waals surface area contributed by atoms with E-state index in [0.717, 1.165) is 30.4 Å². The molecule has 2 aromatic carbocycles. The van der Waals surface area contributed by atoms with Gasteiger partial charge in [0.2, 0.25) is 5.91 Å². The average Bonchev–Trinajstić information content (AvgIpc) is 2.93. The van der Waals surface area contributed by atoms with Gasteiger partial charge >= 0.3 is 5.97 Å². The summed E-state index contributed by atoms with van der Waals surface area (Å²) < 4.78 is 5.08. The SMILES string of the molecule is O=C(COC(=O)CN1CCCCCC1=O)Nc1ccccc1Cc1ccccc1. The van der Waals surface area contributed by atoms with E-state index in [1.807, 2.05) is 54.6 Å². The fourth-order valence-corrected chi connectivity index (χ4v) is 3.35. The number of ether oxygens (including phenoxy) is 1. The fraction of sp³-hybridized carbons (Fsp3) is 0.348. The highest BCUT2D eigenvalue weighted by atomic mass is 16.5. The predicted octanol–water partition coefficient (Wildman–Crippen LogP) is 3.16. The molecule has 0 spiro atoms. The maximum atomic E-state index is 12.3. The lowest BCUT2D eigenvalue weighted by atomic mass is 10.0. The number of para-hydroxylation sites is 1. The van der Waals surface area contributed by atoms with Gasteiger partial charge in [-0.25, -0.2) is 0 Å². The Kier molecular flexibility index (Phi) is 7.39. The Labute approximate surface area is 170 Å². The summed E-state index contributed by atoms with van der Waals surface area (Å²) in [5.74, 6) is -0.993. The van der Waals surface area contributed by atoms with Gasteiger partial charge in [-0.3, -0.25) is 14.4 Å². The molecule has 0 aromatic heterocycles. The lowest BCUT2D eigenvalue weighted by Crippen LogP contribution is -2.36. The maximum Gasteiger partial charge on any atom is 0.326 e. The lowest BCUT2D eigenvalue weighted by Gasteiger charge is -2.19. The Balaban J connectivity index is 1.50. The van der Waals surface area contributed by atoms with Crippen LogP contribution in [0, 0.1) is 0 Å². The zero-order valence-electron chi connectivity index (χ0n) is 16.4. The van der Waals surface area contributed by atoms with Crippen molar-refractivity contribution in [2.45, 2.75) is 32.1 Å². The van der Waals surface area contributed by atoms with Crippen LogP contribution in [-0.2, 0) is 25.5 Å². The molecule has 3 rings (SSSR count). The molecule has 0 saturated carbocycles. The third-order valence-corrected chi connectivity index (χ3v) is 4.88. The first-order valence-corrected chi connectivity index (χ1v) is 9.97. The lowest BCUT2D eigenvalue weighted by molar-refractivity contribution is -0.151. The van der Waals surface area contributed by atoms with Crippen LogP contribution >= 0.6 is 0 Å². The molecule has 0 aliphatic carbocycles. The predicted molar refractivity (Wildman–Crippen MR) is 110 cm³/mol. The monoisotopic (exact) mass is 394 g/mol. The summed E-state index contributed by atoms with van der Waals surface area (Å²) in [6.45, 7) is 0.0875. The standard InChI is InChI=1S/C23H26N2O4/c26-21(17-29-23(28)16-25-14-8-2-5-13-22(25)27)24-20-12-7-6-11-19(20)15-18-9-3-1-4-10-18/h1,3-4,6-7,9-12H,2,5,8,13-17H2,(H,24,26). The van der Waals surface area contributed by atoms with Gasteiger partial charge in [-0.15, -0.1) is 0 Å². The Morgan fingerprint density at radius 2 is 1.72 bits per heavy atom. The van der Waals surface area contributed by atoms with Gasteiger partial charge in [0.05, 0.1) is 0 Å². The Bertz CT molecular complexity index is 851. The van der Waals surface area contributed by atoms with Crippen LogP contribution < -0.4 is 5.32 Å². The molecule has 1 heterocycles. The molecule has 2 amide bonds. The van der Waals surface area contributed by atoms with Crippen molar-refractivity contribution in [3.8, 4) is 0 Å². The van der Waals surface area contributed by atoms with Crippen LogP contribution in [-0.4, -0.2) is 42.4 Å². The summed E-state index contributed by atoms with van der Waals surface area (Å²) in [4.78, 5) is 37.8. The molecule has 0 atom stereocenters. The minimum atomic E-state index is -0.562. The molecular weight excluding hydrogens is 368 g/mol. The molecule has 1 aliphatic rings.